The Hall–Kier alpha value is -2.35. The lowest BCUT2D eigenvalue weighted by molar-refractivity contribution is 0.415. The maximum absolute atomic E-state index is 9.18. The van der Waals surface area contributed by atoms with Crippen molar-refractivity contribution in [1.82, 2.24) is 15.0 Å². The van der Waals surface area contributed by atoms with Gasteiger partial charge in [-0.15, -0.1) is 5.10 Å². The van der Waals surface area contributed by atoms with Crippen molar-refractivity contribution in [3.05, 3.63) is 30.0 Å². The van der Waals surface area contributed by atoms with E-state index < -0.39 is 0 Å². The highest BCUT2D eigenvalue weighted by Gasteiger charge is 2.18. The van der Waals surface area contributed by atoms with Gasteiger partial charge in [-0.25, -0.2) is 4.68 Å². The van der Waals surface area contributed by atoms with Gasteiger partial charge in [0.2, 0.25) is 0 Å². The van der Waals surface area contributed by atoms with E-state index in [0.717, 1.165) is 5.56 Å². The summed E-state index contributed by atoms with van der Waals surface area (Å²) in [6.07, 6.45) is 0. The second-order valence-corrected chi connectivity index (χ2v) is 4.67. The third-order valence-corrected chi connectivity index (χ3v) is 2.74. The third-order valence-electron chi connectivity index (χ3n) is 2.74. The number of rotatable bonds is 4. The van der Waals surface area contributed by atoms with E-state index in [1.807, 2.05) is 24.3 Å². The molecule has 5 nitrogen and oxygen atoms in total. The van der Waals surface area contributed by atoms with Crippen molar-refractivity contribution in [1.29, 1.82) is 5.26 Å². The lowest BCUT2D eigenvalue weighted by Gasteiger charge is -2.11. The van der Waals surface area contributed by atoms with Gasteiger partial charge >= 0.3 is 0 Å². The lowest BCUT2D eigenvalue weighted by atomic mass is 10.1. The Morgan fingerprint density at radius 1 is 1.37 bits per heavy atom. The Morgan fingerprint density at radius 2 is 2.11 bits per heavy atom. The summed E-state index contributed by atoms with van der Waals surface area (Å²) in [4.78, 5) is 0. The number of hydrogen-bond acceptors (Lipinski definition) is 4. The van der Waals surface area contributed by atoms with Gasteiger partial charge in [0.05, 0.1) is 7.11 Å². The minimum absolute atomic E-state index is 0.324. The van der Waals surface area contributed by atoms with Gasteiger partial charge in [0.15, 0.2) is 5.69 Å². The highest BCUT2D eigenvalue weighted by atomic mass is 16.5. The summed E-state index contributed by atoms with van der Waals surface area (Å²) in [6, 6.07) is 9.67. The number of para-hydroxylation sites is 1. The zero-order chi connectivity index (χ0) is 13.8. The Labute approximate surface area is 112 Å². The molecule has 0 unspecified atom stereocenters. The van der Waals surface area contributed by atoms with Gasteiger partial charge in [-0.2, -0.15) is 5.26 Å². The summed E-state index contributed by atoms with van der Waals surface area (Å²) in [5.41, 5.74) is 1.88. The summed E-state index contributed by atoms with van der Waals surface area (Å²) in [5.74, 6) is 1.13. The van der Waals surface area contributed by atoms with Gasteiger partial charge in [-0.05, 0) is 18.1 Å². The van der Waals surface area contributed by atoms with E-state index in [0.29, 0.717) is 29.6 Å². The van der Waals surface area contributed by atoms with Gasteiger partial charge in [0.25, 0.3) is 0 Å². The first-order valence-corrected chi connectivity index (χ1v) is 6.14. The van der Waals surface area contributed by atoms with E-state index in [2.05, 4.69) is 30.2 Å². The molecule has 1 heterocycles. The molecular weight excluding hydrogens is 240 g/mol. The molecule has 1 aromatic heterocycles. The molecule has 98 valence electrons. The van der Waals surface area contributed by atoms with Gasteiger partial charge in [0.1, 0.15) is 17.5 Å². The van der Waals surface area contributed by atoms with E-state index in [4.69, 9.17) is 4.74 Å². The molecule has 19 heavy (non-hydrogen) atoms. The number of nitriles is 1. The number of hydrogen-bond donors (Lipinski definition) is 0. The topological polar surface area (TPSA) is 63.7 Å². The fourth-order valence-electron chi connectivity index (χ4n) is 1.97. The van der Waals surface area contributed by atoms with Crippen molar-refractivity contribution in [3.63, 3.8) is 0 Å². The zero-order valence-electron chi connectivity index (χ0n) is 11.3. The molecule has 2 aromatic rings. The second kappa shape index (κ2) is 5.53. The maximum Gasteiger partial charge on any atom is 0.190 e. The molecule has 5 heteroatoms. The van der Waals surface area contributed by atoms with Crippen LogP contribution in [-0.2, 0) is 6.54 Å². The molecule has 0 spiro atoms. The molecule has 0 amide bonds. The lowest BCUT2D eigenvalue weighted by Crippen LogP contribution is -2.08. The van der Waals surface area contributed by atoms with Crippen LogP contribution in [0.2, 0.25) is 0 Å². The summed E-state index contributed by atoms with van der Waals surface area (Å²) in [5, 5.41) is 17.2. The van der Waals surface area contributed by atoms with E-state index in [1.165, 1.54) is 0 Å². The van der Waals surface area contributed by atoms with Crippen LogP contribution in [0.15, 0.2) is 24.3 Å². The van der Waals surface area contributed by atoms with Gasteiger partial charge < -0.3 is 4.74 Å². The summed E-state index contributed by atoms with van der Waals surface area (Å²) in [7, 11) is 1.61. The smallest absolute Gasteiger partial charge is 0.190 e. The Kier molecular flexibility index (Phi) is 3.81. The van der Waals surface area contributed by atoms with Crippen LogP contribution in [-0.4, -0.2) is 22.1 Å². The number of benzene rings is 1. The Balaban J connectivity index is 2.59. The molecule has 2 rings (SSSR count). The Bertz CT molecular complexity index is 610. The molecule has 1 aromatic carbocycles. The zero-order valence-corrected chi connectivity index (χ0v) is 11.3. The fraction of sp³-hybridized carbons (Fsp3) is 0.357. The second-order valence-electron chi connectivity index (χ2n) is 4.67. The molecule has 0 aliphatic rings. The summed E-state index contributed by atoms with van der Waals surface area (Å²) in [6.45, 7) is 4.90. The molecular formula is C14H16N4O. The molecule has 0 fully saturated rings. The van der Waals surface area contributed by atoms with E-state index >= 15 is 0 Å². The van der Waals surface area contributed by atoms with Crippen LogP contribution < -0.4 is 4.74 Å². The standard InChI is InChI=1S/C14H16N4O/c1-10(2)9-18-14(12(8-15)16-17-18)11-6-4-5-7-13(11)19-3/h4-7,10H,9H2,1-3H3. The SMILES string of the molecule is COc1ccccc1-c1c(C#N)nnn1CC(C)C. The largest absolute Gasteiger partial charge is 0.496 e. The van der Waals surface area contributed by atoms with Gasteiger partial charge in [-0.1, -0.05) is 31.2 Å². The first-order valence-electron chi connectivity index (χ1n) is 6.14. The maximum atomic E-state index is 9.18. The fourth-order valence-corrected chi connectivity index (χ4v) is 1.97. The molecule has 0 radical (unpaired) electrons. The van der Waals surface area contributed by atoms with Crippen molar-refractivity contribution in [2.45, 2.75) is 20.4 Å². The quantitative estimate of drug-likeness (QED) is 0.843. The van der Waals surface area contributed by atoms with E-state index in [1.54, 1.807) is 11.8 Å². The summed E-state index contributed by atoms with van der Waals surface area (Å²) < 4.78 is 7.12. The predicted molar refractivity (Wildman–Crippen MR) is 71.6 cm³/mol. The Morgan fingerprint density at radius 3 is 2.74 bits per heavy atom. The normalized spacial score (nSPS) is 10.5. The third kappa shape index (κ3) is 2.58. The van der Waals surface area contributed by atoms with Gasteiger partial charge in [-0.3, -0.25) is 0 Å². The van der Waals surface area contributed by atoms with E-state index in [-0.39, 0.29) is 0 Å². The molecule has 0 bridgehead atoms. The monoisotopic (exact) mass is 256 g/mol. The summed E-state index contributed by atoms with van der Waals surface area (Å²) >= 11 is 0. The predicted octanol–water partition coefficient (Wildman–Crippen LogP) is 2.48. The average Bonchev–Trinajstić information content (AvgIpc) is 2.80. The van der Waals surface area contributed by atoms with Crippen molar-refractivity contribution in [3.8, 4) is 23.1 Å². The van der Waals surface area contributed by atoms with Crippen LogP contribution in [0.3, 0.4) is 0 Å². The van der Waals surface area contributed by atoms with Crippen LogP contribution >= 0.6 is 0 Å². The van der Waals surface area contributed by atoms with Crippen LogP contribution in [0.1, 0.15) is 19.5 Å². The number of nitrogens with zero attached hydrogens (tertiary/aromatic N) is 4. The van der Waals surface area contributed by atoms with Crippen molar-refractivity contribution >= 4 is 0 Å². The molecule has 0 atom stereocenters. The van der Waals surface area contributed by atoms with Crippen LogP contribution in [0, 0.1) is 17.2 Å². The minimum atomic E-state index is 0.324. The van der Waals surface area contributed by atoms with Crippen molar-refractivity contribution in [2.24, 2.45) is 5.92 Å². The molecule has 0 aliphatic carbocycles. The van der Waals surface area contributed by atoms with Crippen molar-refractivity contribution in [2.75, 3.05) is 7.11 Å². The highest BCUT2D eigenvalue weighted by molar-refractivity contribution is 5.71. The molecule has 0 aliphatic heterocycles. The number of ether oxygens (including phenoxy) is 1. The number of aromatic nitrogens is 3. The van der Waals surface area contributed by atoms with E-state index in [9.17, 15) is 5.26 Å². The van der Waals surface area contributed by atoms with Crippen LogP contribution in [0.25, 0.3) is 11.3 Å². The molecule has 0 saturated heterocycles. The average molecular weight is 256 g/mol. The van der Waals surface area contributed by atoms with Crippen molar-refractivity contribution < 1.29 is 4.74 Å². The molecule has 0 N–H and O–H groups in total. The van der Waals surface area contributed by atoms with Crippen LogP contribution in [0.5, 0.6) is 5.75 Å². The first-order chi connectivity index (χ1) is 9.17. The van der Waals surface area contributed by atoms with Crippen LogP contribution in [0.4, 0.5) is 0 Å². The first kappa shape index (κ1) is 13.1. The molecule has 0 saturated carbocycles. The van der Waals surface area contributed by atoms with Gasteiger partial charge in [0, 0.05) is 12.1 Å². The number of methoxy groups -OCH3 is 1. The highest BCUT2D eigenvalue weighted by Crippen LogP contribution is 2.31. The minimum Gasteiger partial charge on any atom is -0.496 e.